The number of ether oxygens (including phenoxy) is 2. The molecular formula is C16H16O5. The topological polar surface area (TPSA) is 65.7 Å². The van der Waals surface area contributed by atoms with Gasteiger partial charge in [0.25, 0.3) is 0 Å². The molecule has 21 heavy (non-hydrogen) atoms. The van der Waals surface area contributed by atoms with E-state index < -0.39 is 11.9 Å². The van der Waals surface area contributed by atoms with Crippen LogP contribution in [0.5, 0.6) is 0 Å². The maximum absolute atomic E-state index is 12.1. The Balaban J connectivity index is 2.51. The van der Waals surface area contributed by atoms with Crippen LogP contribution in [-0.4, -0.2) is 25.2 Å². The van der Waals surface area contributed by atoms with Gasteiger partial charge >= 0.3 is 11.9 Å². The van der Waals surface area contributed by atoms with Crippen molar-refractivity contribution in [3.05, 3.63) is 47.7 Å². The Morgan fingerprint density at radius 1 is 1.00 bits per heavy atom. The molecule has 0 spiro atoms. The molecule has 0 bridgehead atoms. The zero-order valence-corrected chi connectivity index (χ0v) is 11.9. The van der Waals surface area contributed by atoms with Gasteiger partial charge in [-0.1, -0.05) is 30.3 Å². The Kier molecular flexibility index (Phi) is 4.77. The molecule has 0 aliphatic heterocycles. The zero-order chi connectivity index (χ0) is 15.2. The highest BCUT2D eigenvalue weighted by Crippen LogP contribution is 2.29. The second-order valence-corrected chi connectivity index (χ2v) is 4.16. The average Bonchev–Trinajstić information content (AvgIpc) is 2.93. The molecule has 0 atom stereocenters. The number of carbonyl (C=O) groups is 2. The molecule has 110 valence electrons. The molecule has 0 aliphatic carbocycles. The monoisotopic (exact) mass is 288 g/mol. The van der Waals surface area contributed by atoms with E-state index in [4.69, 9.17) is 13.9 Å². The van der Waals surface area contributed by atoms with Gasteiger partial charge in [0.2, 0.25) is 0 Å². The van der Waals surface area contributed by atoms with E-state index in [1.165, 1.54) is 6.26 Å². The molecule has 0 radical (unpaired) electrons. The molecule has 1 aromatic heterocycles. The SMILES string of the molecule is CCOC(=O)c1coc(-c2ccccc2)c1C(=O)OCC. The predicted molar refractivity (Wildman–Crippen MR) is 76.1 cm³/mol. The van der Waals surface area contributed by atoms with Crippen molar-refractivity contribution in [2.24, 2.45) is 0 Å². The number of hydrogen-bond acceptors (Lipinski definition) is 5. The van der Waals surface area contributed by atoms with Crippen LogP contribution in [0, 0.1) is 0 Å². The lowest BCUT2D eigenvalue weighted by Gasteiger charge is -2.05. The molecule has 0 saturated carbocycles. The van der Waals surface area contributed by atoms with E-state index in [0.29, 0.717) is 11.3 Å². The Morgan fingerprint density at radius 2 is 1.62 bits per heavy atom. The summed E-state index contributed by atoms with van der Waals surface area (Å²) in [7, 11) is 0. The van der Waals surface area contributed by atoms with E-state index in [1.54, 1.807) is 26.0 Å². The third kappa shape index (κ3) is 3.13. The summed E-state index contributed by atoms with van der Waals surface area (Å²) in [5.74, 6) is -0.906. The van der Waals surface area contributed by atoms with E-state index >= 15 is 0 Å². The largest absolute Gasteiger partial charge is 0.462 e. The highest BCUT2D eigenvalue weighted by Gasteiger charge is 2.27. The summed E-state index contributed by atoms with van der Waals surface area (Å²) in [5, 5.41) is 0. The minimum Gasteiger partial charge on any atom is -0.462 e. The molecule has 0 fully saturated rings. The van der Waals surface area contributed by atoms with Crippen molar-refractivity contribution in [3.8, 4) is 11.3 Å². The molecule has 2 aromatic rings. The van der Waals surface area contributed by atoms with Crippen LogP contribution in [0.25, 0.3) is 11.3 Å². The van der Waals surface area contributed by atoms with Crippen LogP contribution < -0.4 is 0 Å². The van der Waals surface area contributed by atoms with Crippen LogP contribution in [-0.2, 0) is 9.47 Å². The maximum atomic E-state index is 12.1. The first-order valence-corrected chi connectivity index (χ1v) is 6.70. The Morgan fingerprint density at radius 3 is 2.24 bits per heavy atom. The lowest BCUT2D eigenvalue weighted by atomic mass is 10.1. The molecule has 1 heterocycles. The van der Waals surface area contributed by atoms with Gasteiger partial charge in [-0.2, -0.15) is 0 Å². The quantitative estimate of drug-likeness (QED) is 0.790. The summed E-state index contributed by atoms with van der Waals surface area (Å²) >= 11 is 0. The molecular weight excluding hydrogens is 272 g/mol. The van der Waals surface area contributed by atoms with Gasteiger partial charge in [-0.15, -0.1) is 0 Å². The van der Waals surface area contributed by atoms with Crippen LogP contribution in [0.2, 0.25) is 0 Å². The van der Waals surface area contributed by atoms with Crippen molar-refractivity contribution in [2.75, 3.05) is 13.2 Å². The maximum Gasteiger partial charge on any atom is 0.342 e. The second kappa shape index (κ2) is 6.74. The van der Waals surface area contributed by atoms with Crippen LogP contribution in [0.15, 0.2) is 41.0 Å². The lowest BCUT2D eigenvalue weighted by molar-refractivity contribution is 0.0481. The Labute approximate surface area is 122 Å². The van der Waals surface area contributed by atoms with Crippen molar-refractivity contribution in [2.45, 2.75) is 13.8 Å². The van der Waals surface area contributed by atoms with Gasteiger partial charge in [0, 0.05) is 5.56 Å². The first-order valence-electron chi connectivity index (χ1n) is 6.70. The summed E-state index contributed by atoms with van der Waals surface area (Å²) in [5.41, 5.74) is 0.867. The summed E-state index contributed by atoms with van der Waals surface area (Å²) < 4.78 is 15.4. The fourth-order valence-corrected chi connectivity index (χ4v) is 1.92. The van der Waals surface area contributed by atoms with Gasteiger partial charge in [0.15, 0.2) is 0 Å². The number of benzene rings is 1. The van der Waals surface area contributed by atoms with Crippen molar-refractivity contribution < 1.29 is 23.5 Å². The smallest absolute Gasteiger partial charge is 0.342 e. The third-order valence-corrected chi connectivity index (χ3v) is 2.80. The van der Waals surface area contributed by atoms with Crippen LogP contribution in [0.3, 0.4) is 0 Å². The molecule has 2 rings (SSSR count). The van der Waals surface area contributed by atoms with Gasteiger partial charge in [0.05, 0.1) is 13.2 Å². The van der Waals surface area contributed by atoms with E-state index in [-0.39, 0.29) is 24.3 Å². The first kappa shape index (κ1) is 14.8. The Bertz CT molecular complexity index is 627. The standard InChI is InChI=1S/C16H16O5/c1-3-19-15(17)12-10-21-14(11-8-6-5-7-9-11)13(12)16(18)20-4-2/h5-10H,3-4H2,1-2H3. The highest BCUT2D eigenvalue weighted by atomic mass is 16.5. The van der Waals surface area contributed by atoms with Gasteiger partial charge in [-0.25, -0.2) is 9.59 Å². The van der Waals surface area contributed by atoms with Crippen molar-refractivity contribution in [3.63, 3.8) is 0 Å². The molecule has 0 N–H and O–H groups in total. The van der Waals surface area contributed by atoms with Crippen LogP contribution >= 0.6 is 0 Å². The fourth-order valence-electron chi connectivity index (χ4n) is 1.92. The summed E-state index contributed by atoms with van der Waals surface area (Å²) in [6, 6.07) is 9.06. The van der Waals surface area contributed by atoms with Gasteiger partial charge in [-0.3, -0.25) is 0 Å². The molecule has 0 unspecified atom stereocenters. The number of rotatable bonds is 5. The van der Waals surface area contributed by atoms with E-state index in [9.17, 15) is 9.59 Å². The minimum absolute atomic E-state index is 0.0779. The average molecular weight is 288 g/mol. The second-order valence-electron chi connectivity index (χ2n) is 4.16. The first-order chi connectivity index (χ1) is 10.2. The van der Waals surface area contributed by atoms with Crippen molar-refractivity contribution >= 4 is 11.9 Å². The Hall–Kier alpha value is -2.56. The minimum atomic E-state index is -0.605. The number of esters is 2. The molecule has 5 nitrogen and oxygen atoms in total. The zero-order valence-electron chi connectivity index (χ0n) is 11.9. The number of hydrogen-bond donors (Lipinski definition) is 0. The van der Waals surface area contributed by atoms with Crippen molar-refractivity contribution in [1.82, 2.24) is 0 Å². The molecule has 1 aromatic carbocycles. The van der Waals surface area contributed by atoms with Crippen molar-refractivity contribution in [1.29, 1.82) is 0 Å². The molecule has 0 saturated heterocycles. The summed E-state index contributed by atoms with van der Waals surface area (Å²) in [4.78, 5) is 24.1. The van der Waals surface area contributed by atoms with Gasteiger partial charge in [0.1, 0.15) is 23.2 Å². The van der Waals surface area contributed by atoms with Crippen LogP contribution in [0.1, 0.15) is 34.6 Å². The number of carbonyl (C=O) groups excluding carboxylic acids is 2. The third-order valence-electron chi connectivity index (χ3n) is 2.80. The fraction of sp³-hybridized carbons (Fsp3) is 0.250. The molecule has 0 aliphatic rings. The van der Waals surface area contributed by atoms with Crippen LogP contribution in [0.4, 0.5) is 0 Å². The van der Waals surface area contributed by atoms with Gasteiger partial charge < -0.3 is 13.9 Å². The summed E-state index contributed by atoms with van der Waals surface area (Å²) in [6.45, 7) is 3.82. The number of furan rings is 1. The van der Waals surface area contributed by atoms with E-state index in [0.717, 1.165) is 0 Å². The predicted octanol–water partition coefficient (Wildman–Crippen LogP) is 3.30. The van der Waals surface area contributed by atoms with Gasteiger partial charge in [-0.05, 0) is 13.8 Å². The normalized spacial score (nSPS) is 10.2. The highest BCUT2D eigenvalue weighted by molar-refractivity contribution is 6.07. The molecule has 0 amide bonds. The van der Waals surface area contributed by atoms with E-state index in [2.05, 4.69) is 0 Å². The molecule has 5 heteroatoms. The van der Waals surface area contributed by atoms with E-state index in [1.807, 2.05) is 18.2 Å². The lowest BCUT2D eigenvalue weighted by Crippen LogP contribution is -2.12. The summed E-state index contributed by atoms with van der Waals surface area (Å²) in [6.07, 6.45) is 1.23.